The smallest absolute Gasteiger partial charge is 0.408 e. The van der Waals surface area contributed by atoms with Gasteiger partial charge in [-0.15, -0.1) is 0 Å². The van der Waals surface area contributed by atoms with Gasteiger partial charge >= 0.3 is 6.09 Å². The van der Waals surface area contributed by atoms with E-state index in [1.807, 2.05) is 59.5 Å². The lowest BCUT2D eigenvalue weighted by atomic mass is 10.00. The van der Waals surface area contributed by atoms with Gasteiger partial charge in [-0.25, -0.2) is 4.79 Å². The maximum Gasteiger partial charge on any atom is 0.408 e. The second kappa shape index (κ2) is 12.9. The number of hydrogen-bond donors (Lipinski definition) is 1. The van der Waals surface area contributed by atoms with E-state index in [2.05, 4.69) is 22.3 Å². The third-order valence-electron chi connectivity index (χ3n) is 6.60. The number of rotatable bonds is 7. The van der Waals surface area contributed by atoms with Crippen LogP contribution in [0.1, 0.15) is 31.9 Å². The predicted molar refractivity (Wildman–Crippen MR) is 157 cm³/mol. The zero-order valence-corrected chi connectivity index (χ0v) is 24.1. The Morgan fingerprint density at radius 1 is 0.872 bits per heavy atom. The second-order valence-electron chi connectivity index (χ2n) is 10.8. The van der Waals surface area contributed by atoms with Gasteiger partial charge in [0, 0.05) is 39.1 Å². The number of nitrogens with one attached hydrogen (secondary N) is 1. The van der Waals surface area contributed by atoms with Crippen molar-refractivity contribution in [1.29, 1.82) is 0 Å². The van der Waals surface area contributed by atoms with Crippen molar-refractivity contribution in [2.45, 2.75) is 45.4 Å². The summed E-state index contributed by atoms with van der Waals surface area (Å²) in [6.07, 6.45) is -0.234. The van der Waals surface area contributed by atoms with Crippen molar-refractivity contribution in [3.05, 3.63) is 94.0 Å². The quantitative estimate of drug-likeness (QED) is 0.357. The predicted octanol–water partition coefficient (Wildman–Crippen LogP) is 6.44. The molecule has 206 valence electrons. The van der Waals surface area contributed by atoms with E-state index >= 15 is 0 Å². The highest BCUT2D eigenvalue weighted by Gasteiger charge is 2.30. The molecule has 3 aromatic rings. The Balaban J connectivity index is 1.43. The average Bonchev–Trinajstić information content (AvgIpc) is 2.91. The maximum absolute atomic E-state index is 13.7. The average molecular weight is 569 g/mol. The van der Waals surface area contributed by atoms with Crippen molar-refractivity contribution >= 4 is 35.2 Å². The lowest BCUT2D eigenvalue weighted by molar-refractivity contribution is -0.135. The van der Waals surface area contributed by atoms with Crippen LogP contribution in [0.4, 0.5) is 4.79 Å². The number of nitrogens with zero attached hydrogens (tertiary/aromatic N) is 2. The first-order valence-corrected chi connectivity index (χ1v) is 13.9. The Morgan fingerprint density at radius 3 is 2.15 bits per heavy atom. The largest absolute Gasteiger partial charge is 0.444 e. The number of ether oxygens (including phenoxy) is 1. The third kappa shape index (κ3) is 8.21. The molecule has 0 bridgehead atoms. The summed E-state index contributed by atoms with van der Waals surface area (Å²) in [5.41, 5.74) is 3.48. The summed E-state index contributed by atoms with van der Waals surface area (Å²) in [5.74, 6) is -0.117. The summed E-state index contributed by atoms with van der Waals surface area (Å²) in [6.45, 7) is 8.56. The molecule has 4 rings (SSSR count). The molecule has 2 amide bonds. The third-order valence-corrected chi connectivity index (χ3v) is 7.46. The van der Waals surface area contributed by atoms with Gasteiger partial charge in [0.15, 0.2) is 0 Å². The molecule has 1 heterocycles. The van der Waals surface area contributed by atoms with E-state index in [0.29, 0.717) is 49.2 Å². The van der Waals surface area contributed by atoms with Crippen LogP contribution in [0.5, 0.6) is 0 Å². The first-order valence-electron chi connectivity index (χ1n) is 13.2. The fraction of sp³-hybridized carbons (Fsp3) is 0.355. The monoisotopic (exact) mass is 567 g/mol. The number of carbonyl (C=O) groups is 2. The lowest BCUT2D eigenvalue weighted by Crippen LogP contribution is -2.55. The van der Waals surface area contributed by atoms with E-state index in [1.165, 1.54) is 0 Å². The van der Waals surface area contributed by atoms with Crippen LogP contribution in [-0.2, 0) is 22.5 Å². The summed E-state index contributed by atoms with van der Waals surface area (Å²) >= 11 is 12.5. The molecular weight excluding hydrogens is 533 g/mol. The van der Waals surface area contributed by atoms with Gasteiger partial charge in [-0.05, 0) is 49.1 Å². The molecule has 1 fully saturated rings. The van der Waals surface area contributed by atoms with E-state index in [1.54, 1.807) is 26.8 Å². The molecule has 6 nitrogen and oxygen atoms in total. The molecule has 1 N–H and O–H groups in total. The van der Waals surface area contributed by atoms with Gasteiger partial charge in [0.1, 0.15) is 11.6 Å². The van der Waals surface area contributed by atoms with Crippen LogP contribution >= 0.6 is 23.2 Å². The van der Waals surface area contributed by atoms with E-state index in [4.69, 9.17) is 27.9 Å². The Hall–Kier alpha value is -3.06. The Labute approximate surface area is 240 Å². The van der Waals surface area contributed by atoms with Crippen LogP contribution in [0.15, 0.2) is 72.8 Å². The van der Waals surface area contributed by atoms with Crippen LogP contribution in [0, 0.1) is 0 Å². The van der Waals surface area contributed by atoms with Gasteiger partial charge in [-0.3, -0.25) is 9.69 Å². The minimum atomic E-state index is -0.739. The number of hydrogen-bond acceptors (Lipinski definition) is 4. The number of carbonyl (C=O) groups excluding carboxylic acids is 2. The number of piperazine rings is 1. The van der Waals surface area contributed by atoms with Crippen LogP contribution in [-0.4, -0.2) is 59.6 Å². The van der Waals surface area contributed by atoms with Crippen LogP contribution < -0.4 is 5.32 Å². The highest BCUT2D eigenvalue weighted by Crippen LogP contribution is 2.27. The van der Waals surface area contributed by atoms with Crippen molar-refractivity contribution in [2.24, 2.45) is 0 Å². The molecule has 1 aliphatic heterocycles. The minimum Gasteiger partial charge on any atom is -0.444 e. The van der Waals surface area contributed by atoms with Crippen LogP contribution in [0.3, 0.4) is 0 Å². The van der Waals surface area contributed by atoms with Gasteiger partial charge in [-0.2, -0.15) is 0 Å². The van der Waals surface area contributed by atoms with Gasteiger partial charge in [0.25, 0.3) is 0 Å². The lowest BCUT2D eigenvalue weighted by Gasteiger charge is -2.36. The maximum atomic E-state index is 13.7. The molecule has 1 unspecified atom stereocenters. The highest BCUT2D eigenvalue weighted by atomic mass is 35.5. The number of alkyl carbamates (subject to hydrolysis) is 1. The number of halogens is 2. The van der Waals surface area contributed by atoms with E-state index < -0.39 is 17.7 Å². The summed E-state index contributed by atoms with van der Waals surface area (Å²) in [6, 6.07) is 23.1. The molecule has 0 saturated carbocycles. The normalized spacial score (nSPS) is 15.1. The van der Waals surface area contributed by atoms with Crippen LogP contribution in [0.25, 0.3) is 11.1 Å². The molecular formula is C31H35Cl2N3O3. The van der Waals surface area contributed by atoms with E-state index in [-0.39, 0.29) is 5.91 Å². The first-order chi connectivity index (χ1) is 18.6. The topological polar surface area (TPSA) is 61.9 Å². The van der Waals surface area contributed by atoms with Crippen LogP contribution in [0.2, 0.25) is 10.0 Å². The number of amides is 2. The zero-order chi connectivity index (χ0) is 28.0. The van der Waals surface area contributed by atoms with Crippen molar-refractivity contribution in [2.75, 3.05) is 26.2 Å². The standard InChI is InChI=1S/C31H35Cl2N3O3/c1-31(2,3)39-30(38)34-27(20-22-12-14-24(15-13-22)23-8-5-4-6-9-23)29(37)36-18-16-35(17-19-36)21-25-10-7-11-26(32)28(25)33/h4-15,27H,16-21H2,1-3H3,(H,34,38). The van der Waals surface area contributed by atoms with Crippen molar-refractivity contribution in [3.8, 4) is 11.1 Å². The summed E-state index contributed by atoms with van der Waals surface area (Å²) < 4.78 is 5.47. The molecule has 0 aliphatic carbocycles. The molecule has 0 radical (unpaired) electrons. The van der Waals surface area contributed by atoms with Gasteiger partial charge < -0.3 is 15.0 Å². The molecule has 0 aromatic heterocycles. The summed E-state index contributed by atoms with van der Waals surface area (Å²) in [5, 5.41) is 3.94. The van der Waals surface area contributed by atoms with Gasteiger partial charge in [0.2, 0.25) is 5.91 Å². The minimum absolute atomic E-state index is 0.117. The van der Waals surface area contributed by atoms with Crippen molar-refractivity contribution in [3.63, 3.8) is 0 Å². The molecule has 3 aromatic carbocycles. The SMILES string of the molecule is CC(C)(C)OC(=O)NC(Cc1ccc(-c2ccccc2)cc1)C(=O)N1CCN(Cc2cccc(Cl)c2Cl)CC1. The molecule has 1 atom stereocenters. The van der Waals surface area contributed by atoms with Crippen molar-refractivity contribution in [1.82, 2.24) is 15.1 Å². The Bertz CT molecular complexity index is 1270. The molecule has 39 heavy (non-hydrogen) atoms. The van der Waals surface area contributed by atoms with E-state index in [0.717, 1.165) is 22.3 Å². The number of benzene rings is 3. The summed E-state index contributed by atoms with van der Waals surface area (Å²) in [7, 11) is 0. The molecule has 1 saturated heterocycles. The van der Waals surface area contributed by atoms with Gasteiger partial charge in [0.05, 0.1) is 10.0 Å². The van der Waals surface area contributed by atoms with E-state index in [9.17, 15) is 9.59 Å². The summed E-state index contributed by atoms with van der Waals surface area (Å²) in [4.78, 5) is 30.4. The Kier molecular flexibility index (Phi) is 9.54. The first kappa shape index (κ1) is 28.9. The molecule has 0 spiro atoms. The second-order valence-corrected chi connectivity index (χ2v) is 11.6. The van der Waals surface area contributed by atoms with Crippen molar-refractivity contribution < 1.29 is 14.3 Å². The van der Waals surface area contributed by atoms with Gasteiger partial charge in [-0.1, -0.05) is 89.9 Å². The Morgan fingerprint density at radius 2 is 1.51 bits per heavy atom. The zero-order valence-electron chi connectivity index (χ0n) is 22.6. The fourth-order valence-corrected chi connectivity index (χ4v) is 4.99. The molecule has 8 heteroatoms. The highest BCUT2D eigenvalue weighted by molar-refractivity contribution is 6.42. The molecule has 1 aliphatic rings. The fourth-order valence-electron chi connectivity index (χ4n) is 4.61.